The van der Waals surface area contributed by atoms with E-state index in [-0.39, 0.29) is 16.4 Å². The zero-order valence-electron chi connectivity index (χ0n) is 14.8. The average Bonchev–Trinajstić information content (AvgIpc) is 2.94. The lowest BCUT2D eigenvalue weighted by Crippen LogP contribution is -2.22. The number of hydrogen-bond acceptors (Lipinski definition) is 5. The van der Waals surface area contributed by atoms with Gasteiger partial charge in [-0.05, 0) is 31.7 Å². The smallest absolute Gasteiger partial charge is 0.238 e. The maximum Gasteiger partial charge on any atom is 0.238 e. The van der Waals surface area contributed by atoms with Gasteiger partial charge in [0.2, 0.25) is 10.0 Å². The number of nitrogens with two attached hydrogens (primary N) is 1. The molecule has 2 N–H and O–H groups in total. The van der Waals surface area contributed by atoms with Gasteiger partial charge in [0.1, 0.15) is 0 Å². The largest absolute Gasteiger partial charge is 0.294 e. The monoisotopic (exact) mass is 367 g/mol. The minimum Gasteiger partial charge on any atom is -0.294 e. The first-order valence-corrected chi connectivity index (χ1v) is 10.2. The summed E-state index contributed by atoms with van der Waals surface area (Å²) in [5, 5.41) is 8.38. The molecule has 24 heavy (non-hydrogen) atoms. The summed E-state index contributed by atoms with van der Waals surface area (Å²) >= 11 is 1.69. The highest BCUT2D eigenvalue weighted by Crippen LogP contribution is 2.27. The van der Waals surface area contributed by atoms with E-state index in [0.717, 1.165) is 22.8 Å². The van der Waals surface area contributed by atoms with Crippen LogP contribution in [0.5, 0.6) is 0 Å². The summed E-state index contributed by atoms with van der Waals surface area (Å²) in [6.07, 6.45) is 0. The quantitative estimate of drug-likeness (QED) is 0.880. The topological polar surface area (TPSA) is 76.3 Å². The van der Waals surface area contributed by atoms with Gasteiger partial charge in [0, 0.05) is 23.4 Å². The van der Waals surface area contributed by atoms with Crippen LogP contribution in [0.15, 0.2) is 34.5 Å². The maximum atomic E-state index is 11.3. The molecule has 0 aliphatic heterocycles. The molecule has 5 nitrogen and oxygen atoms in total. The number of thiazole rings is 1. The molecule has 0 amide bonds. The molecular formula is C17H25N3O2S2. The van der Waals surface area contributed by atoms with Gasteiger partial charge in [0.25, 0.3) is 0 Å². The molecule has 0 aliphatic carbocycles. The molecular weight excluding hydrogens is 342 g/mol. The maximum absolute atomic E-state index is 11.3. The van der Waals surface area contributed by atoms with Gasteiger partial charge in [-0.1, -0.05) is 32.9 Å². The van der Waals surface area contributed by atoms with E-state index in [1.165, 1.54) is 0 Å². The fourth-order valence-corrected chi connectivity index (χ4v) is 3.72. The molecule has 1 aromatic heterocycles. The van der Waals surface area contributed by atoms with Crippen LogP contribution in [-0.4, -0.2) is 25.3 Å². The number of benzene rings is 1. The van der Waals surface area contributed by atoms with Crippen LogP contribution in [0.4, 0.5) is 0 Å². The predicted octanol–water partition coefficient (Wildman–Crippen LogP) is 3.28. The van der Waals surface area contributed by atoms with Gasteiger partial charge < -0.3 is 0 Å². The molecule has 7 heteroatoms. The van der Waals surface area contributed by atoms with Crippen molar-refractivity contribution in [3.8, 4) is 0 Å². The van der Waals surface area contributed by atoms with Gasteiger partial charge in [-0.3, -0.25) is 4.90 Å². The molecule has 0 spiro atoms. The fourth-order valence-electron chi connectivity index (χ4n) is 2.31. The molecule has 0 aliphatic rings. The van der Waals surface area contributed by atoms with Crippen LogP contribution < -0.4 is 5.14 Å². The summed E-state index contributed by atoms with van der Waals surface area (Å²) < 4.78 is 22.7. The van der Waals surface area contributed by atoms with Gasteiger partial charge in [0.15, 0.2) is 0 Å². The number of nitrogens with zero attached hydrogens (tertiary/aromatic N) is 2. The Kier molecular flexibility index (Phi) is 5.49. The van der Waals surface area contributed by atoms with Gasteiger partial charge in [-0.15, -0.1) is 11.3 Å². The van der Waals surface area contributed by atoms with Crippen molar-refractivity contribution < 1.29 is 8.42 Å². The van der Waals surface area contributed by atoms with Crippen LogP contribution >= 0.6 is 11.3 Å². The Morgan fingerprint density at radius 2 is 1.83 bits per heavy atom. The van der Waals surface area contributed by atoms with Crippen molar-refractivity contribution in [1.82, 2.24) is 9.88 Å². The van der Waals surface area contributed by atoms with Crippen molar-refractivity contribution >= 4 is 21.4 Å². The minimum absolute atomic E-state index is 0.0661. The number of sulfonamides is 1. The van der Waals surface area contributed by atoms with Crippen molar-refractivity contribution in [1.29, 1.82) is 0 Å². The predicted molar refractivity (Wildman–Crippen MR) is 98.5 cm³/mol. The third kappa shape index (κ3) is 4.63. The van der Waals surface area contributed by atoms with Crippen molar-refractivity contribution in [3.05, 3.63) is 45.9 Å². The van der Waals surface area contributed by atoms with Crippen LogP contribution in [-0.2, 0) is 22.0 Å². The second-order valence-corrected chi connectivity index (χ2v) is 9.52. The Morgan fingerprint density at radius 3 is 2.29 bits per heavy atom. The van der Waals surface area contributed by atoms with E-state index in [0.29, 0.717) is 0 Å². The van der Waals surface area contributed by atoms with E-state index < -0.39 is 10.0 Å². The highest BCUT2D eigenvalue weighted by molar-refractivity contribution is 7.89. The molecule has 0 unspecified atom stereocenters. The summed E-state index contributed by atoms with van der Waals surface area (Å²) in [5.41, 5.74) is 2.16. The zero-order valence-corrected chi connectivity index (χ0v) is 16.4. The number of primary sulfonamides is 1. The first-order valence-electron chi connectivity index (χ1n) is 7.76. The lowest BCUT2D eigenvalue weighted by atomic mass is 9.98. The molecule has 2 rings (SSSR count). The van der Waals surface area contributed by atoms with Crippen molar-refractivity contribution in [2.45, 2.75) is 50.6 Å². The molecule has 1 aromatic carbocycles. The Morgan fingerprint density at radius 1 is 1.25 bits per heavy atom. The average molecular weight is 368 g/mol. The third-order valence-electron chi connectivity index (χ3n) is 3.96. The van der Waals surface area contributed by atoms with Crippen molar-refractivity contribution in [2.75, 3.05) is 7.05 Å². The van der Waals surface area contributed by atoms with Crippen molar-refractivity contribution in [2.24, 2.45) is 5.14 Å². The Bertz CT molecular complexity index is 790. The first kappa shape index (κ1) is 19.1. The third-order valence-corrected chi connectivity index (χ3v) is 6.20. The zero-order chi connectivity index (χ0) is 18.1. The highest BCUT2D eigenvalue weighted by Gasteiger charge is 2.20. The van der Waals surface area contributed by atoms with Crippen LogP contribution in [0.3, 0.4) is 0 Å². The summed E-state index contributed by atoms with van der Waals surface area (Å²) in [5.74, 6) is 0. The standard InChI is InChI=1S/C17H25N3O2S2/c1-12(13-6-8-15(9-7-13)24(18,21)22)20(5)10-14-11-23-16(19-14)17(2,3)4/h6-9,11-12H,10H2,1-5H3,(H2,18,21,22)/t12-/m0/s1. The fraction of sp³-hybridized carbons (Fsp3) is 0.471. The molecule has 1 heterocycles. The normalized spacial score (nSPS) is 14.1. The molecule has 0 saturated carbocycles. The van der Waals surface area contributed by atoms with Gasteiger partial charge in [-0.25, -0.2) is 18.5 Å². The lowest BCUT2D eigenvalue weighted by molar-refractivity contribution is 0.250. The van der Waals surface area contributed by atoms with Crippen LogP contribution in [0.1, 0.15) is 50.0 Å². The molecule has 0 radical (unpaired) electrons. The second-order valence-electron chi connectivity index (χ2n) is 7.10. The van der Waals surface area contributed by atoms with Gasteiger partial charge in [0.05, 0.1) is 15.6 Å². The SMILES string of the molecule is C[C@@H](c1ccc(S(N)(=O)=O)cc1)N(C)Cc1csc(C(C)(C)C)n1. The van der Waals surface area contributed by atoms with Crippen LogP contribution in [0.2, 0.25) is 0 Å². The Labute approximate surface area is 148 Å². The number of aromatic nitrogens is 1. The minimum atomic E-state index is -3.65. The summed E-state index contributed by atoms with van der Waals surface area (Å²) in [6.45, 7) is 9.31. The van der Waals surface area contributed by atoms with E-state index in [1.54, 1.807) is 23.5 Å². The lowest BCUT2D eigenvalue weighted by Gasteiger charge is -2.24. The van der Waals surface area contributed by atoms with E-state index in [1.807, 2.05) is 19.2 Å². The molecule has 0 fully saturated rings. The summed E-state index contributed by atoms with van der Waals surface area (Å²) in [6, 6.07) is 6.86. The van der Waals surface area contributed by atoms with E-state index in [4.69, 9.17) is 10.1 Å². The molecule has 0 saturated heterocycles. The summed E-state index contributed by atoms with van der Waals surface area (Å²) in [4.78, 5) is 7.05. The van der Waals surface area contributed by atoms with Crippen molar-refractivity contribution in [3.63, 3.8) is 0 Å². The van der Waals surface area contributed by atoms with Crippen LogP contribution in [0, 0.1) is 0 Å². The molecule has 2 aromatic rings. The van der Waals surface area contributed by atoms with Gasteiger partial charge >= 0.3 is 0 Å². The molecule has 1 atom stereocenters. The summed E-state index contributed by atoms with van der Waals surface area (Å²) in [7, 11) is -1.61. The highest BCUT2D eigenvalue weighted by atomic mass is 32.2. The van der Waals surface area contributed by atoms with Gasteiger partial charge in [-0.2, -0.15) is 0 Å². The molecule has 132 valence electrons. The second kappa shape index (κ2) is 6.92. The number of hydrogen-bond donors (Lipinski definition) is 1. The van der Waals surface area contributed by atoms with E-state index in [9.17, 15) is 8.42 Å². The van der Waals surface area contributed by atoms with E-state index in [2.05, 4.69) is 38.0 Å². The molecule has 0 bridgehead atoms. The Balaban J connectivity index is 2.09. The Hall–Kier alpha value is -1.28. The first-order chi connectivity index (χ1) is 11.0. The van der Waals surface area contributed by atoms with E-state index >= 15 is 0 Å². The number of rotatable bonds is 5. The van der Waals surface area contributed by atoms with Crippen LogP contribution in [0.25, 0.3) is 0 Å².